The van der Waals surface area contributed by atoms with Crippen LogP contribution in [0.5, 0.6) is 0 Å². The molecular formula is C25H26N4O2. The average molecular weight is 415 g/mol. The molecule has 0 saturated heterocycles. The molecule has 1 aromatic heterocycles. The molecule has 31 heavy (non-hydrogen) atoms. The molecule has 158 valence electrons. The molecule has 0 fully saturated rings. The Morgan fingerprint density at radius 1 is 0.903 bits per heavy atom. The van der Waals surface area contributed by atoms with Crippen molar-refractivity contribution in [1.82, 2.24) is 14.4 Å². The normalized spacial score (nSPS) is 10.9. The Balaban J connectivity index is 1.47. The summed E-state index contributed by atoms with van der Waals surface area (Å²) in [5.74, 6) is 0.0324. The second kappa shape index (κ2) is 8.52. The molecule has 1 N–H and O–H groups in total. The standard InChI is InChI=1S/C25H26N4O2/c1-27(2)24(30)17-29-14-13-19-15-21(11-12-23(19)29)26-25(31)28(3)16-20-9-6-8-18-7-4-5-10-22(18)20/h4-15H,16-17H2,1-3H3,(H,26,31). The van der Waals surface area contributed by atoms with Gasteiger partial charge >= 0.3 is 6.03 Å². The second-order valence-electron chi connectivity index (χ2n) is 7.93. The number of carbonyl (C=O) groups excluding carboxylic acids is 2. The van der Waals surface area contributed by atoms with Crippen molar-refractivity contribution < 1.29 is 9.59 Å². The molecule has 4 aromatic rings. The molecular weight excluding hydrogens is 388 g/mol. The van der Waals surface area contributed by atoms with Crippen molar-refractivity contribution in [3.63, 3.8) is 0 Å². The maximum atomic E-state index is 12.8. The van der Waals surface area contributed by atoms with E-state index in [2.05, 4.69) is 29.6 Å². The maximum Gasteiger partial charge on any atom is 0.321 e. The third-order valence-electron chi connectivity index (χ3n) is 5.46. The molecule has 0 aliphatic heterocycles. The minimum absolute atomic E-state index is 0.0324. The topological polar surface area (TPSA) is 57.6 Å². The van der Waals surface area contributed by atoms with Crippen molar-refractivity contribution in [3.05, 3.63) is 78.5 Å². The second-order valence-corrected chi connectivity index (χ2v) is 7.93. The van der Waals surface area contributed by atoms with Crippen LogP contribution in [0.25, 0.3) is 21.7 Å². The van der Waals surface area contributed by atoms with E-state index in [1.54, 1.807) is 30.9 Å². The Hall–Kier alpha value is -3.80. The monoisotopic (exact) mass is 414 g/mol. The van der Waals surface area contributed by atoms with Gasteiger partial charge in [-0.2, -0.15) is 0 Å². The number of anilines is 1. The summed E-state index contributed by atoms with van der Waals surface area (Å²) < 4.78 is 1.91. The zero-order valence-corrected chi connectivity index (χ0v) is 18.0. The van der Waals surface area contributed by atoms with E-state index in [-0.39, 0.29) is 18.5 Å². The minimum atomic E-state index is -0.172. The number of nitrogens with zero attached hydrogens (tertiary/aromatic N) is 3. The number of rotatable bonds is 5. The van der Waals surface area contributed by atoms with Gasteiger partial charge in [0, 0.05) is 50.5 Å². The van der Waals surface area contributed by atoms with E-state index in [9.17, 15) is 9.59 Å². The van der Waals surface area contributed by atoms with Crippen LogP contribution in [0, 0.1) is 0 Å². The first-order valence-corrected chi connectivity index (χ1v) is 10.2. The molecule has 0 saturated carbocycles. The number of benzene rings is 3. The highest BCUT2D eigenvalue weighted by atomic mass is 16.2. The lowest BCUT2D eigenvalue weighted by atomic mass is 10.0. The Bertz CT molecular complexity index is 1250. The molecule has 0 radical (unpaired) electrons. The predicted octanol–water partition coefficient (Wildman–Crippen LogP) is 4.55. The number of fused-ring (bicyclic) bond motifs is 2. The third kappa shape index (κ3) is 4.38. The molecule has 1 heterocycles. The zero-order valence-electron chi connectivity index (χ0n) is 18.0. The average Bonchev–Trinajstić information content (AvgIpc) is 3.15. The van der Waals surface area contributed by atoms with Crippen molar-refractivity contribution in [2.75, 3.05) is 26.5 Å². The summed E-state index contributed by atoms with van der Waals surface area (Å²) in [5, 5.41) is 6.26. The van der Waals surface area contributed by atoms with Crippen LogP contribution in [0.15, 0.2) is 72.9 Å². The first kappa shape index (κ1) is 20.5. The van der Waals surface area contributed by atoms with E-state index in [1.807, 2.05) is 53.2 Å². The van der Waals surface area contributed by atoms with Gasteiger partial charge in [-0.1, -0.05) is 42.5 Å². The smallest absolute Gasteiger partial charge is 0.321 e. The van der Waals surface area contributed by atoms with Crippen LogP contribution in [0.2, 0.25) is 0 Å². The highest BCUT2D eigenvalue weighted by Crippen LogP contribution is 2.22. The molecule has 0 bridgehead atoms. The molecule has 6 nitrogen and oxygen atoms in total. The van der Waals surface area contributed by atoms with Crippen LogP contribution in [-0.2, 0) is 17.9 Å². The number of hydrogen-bond donors (Lipinski definition) is 1. The summed E-state index contributed by atoms with van der Waals surface area (Å²) in [4.78, 5) is 28.0. The quantitative estimate of drug-likeness (QED) is 0.521. The minimum Gasteiger partial charge on any atom is -0.347 e. The van der Waals surface area contributed by atoms with Gasteiger partial charge in [-0.25, -0.2) is 4.79 Å². The van der Waals surface area contributed by atoms with Crippen LogP contribution >= 0.6 is 0 Å². The molecule has 0 spiro atoms. The van der Waals surface area contributed by atoms with Gasteiger partial charge in [-0.15, -0.1) is 0 Å². The van der Waals surface area contributed by atoms with Gasteiger partial charge < -0.3 is 19.7 Å². The number of urea groups is 1. The predicted molar refractivity (Wildman–Crippen MR) is 125 cm³/mol. The first-order chi connectivity index (χ1) is 14.9. The van der Waals surface area contributed by atoms with Crippen molar-refractivity contribution in [2.24, 2.45) is 0 Å². The Labute approximate surface area is 181 Å². The van der Waals surface area contributed by atoms with Gasteiger partial charge in [0.2, 0.25) is 5.91 Å². The van der Waals surface area contributed by atoms with Crippen molar-refractivity contribution in [1.29, 1.82) is 0 Å². The molecule has 0 aliphatic rings. The summed E-state index contributed by atoms with van der Waals surface area (Å²) in [6.07, 6.45) is 1.89. The van der Waals surface area contributed by atoms with E-state index in [0.29, 0.717) is 6.54 Å². The lowest BCUT2D eigenvalue weighted by molar-refractivity contribution is -0.129. The van der Waals surface area contributed by atoms with Crippen LogP contribution < -0.4 is 5.32 Å². The van der Waals surface area contributed by atoms with E-state index in [0.717, 1.165) is 32.9 Å². The summed E-state index contributed by atoms with van der Waals surface area (Å²) in [5.41, 5.74) is 2.78. The first-order valence-electron chi connectivity index (χ1n) is 10.2. The van der Waals surface area contributed by atoms with Crippen molar-refractivity contribution in [3.8, 4) is 0 Å². The van der Waals surface area contributed by atoms with E-state index >= 15 is 0 Å². The lowest BCUT2D eigenvalue weighted by Crippen LogP contribution is -2.30. The fraction of sp³-hybridized carbons (Fsp3) is 0.200. The van der Waals surface area contributed by atoms with Crippen LogP contribution in [0.4, 0.5) is 10.5 Å². The van der Waals surface area contributed by atoms with E-state index in [1.165, 1.54) is 0 Å². The number of aromatic nitrogens is 1. The highest BCUT2D eigenvalue weighted by molar-refractivity contribution is 5.93. The number of likely N-dealkylation sites (N-methyl/N-ethyl adjacent to an activating group) is 1. The molecule has 6 heteroatoms. The molecule has 0 aliphatic carbocycles. The van der Waals surface area contributed by atoms with Crippen molar-refractivity contribution in [2.45, 2.75) is 13.1 Å². The third-order valence-corrected chi connectivity index (χ3v) is 5.46. The van der Waals surface area contributed by atoms with Crippen LogP contribution in [0.3, 0.4) is 0 Å². The molecule has 3 aromatic carbocycles. The lowest BCUT2D eigenvalue weighted by Gasteiger charge is -2.19. The van der Waals surface area contributed by atoms with Gasteiger partial charge in [0.25, 0.3) is 0 Å². The summed E-state index contributed by atoms with van der Waals surface area (Å²) in [6.45, 7) is 0.800. The summed E-state index contributed by atoms with van der Waals surface area (Å²) in [7, 11) is 5.28. The summed E-state index contributed by atoms with van der Waals surface area (Å²) in [6, 6.07) is 21.8. The van der Waals surface area contributed by atoms with E-state index in [4.69, 9.17) is 0 Å². The highest BCUT2D eigenvalue weighted by Gasteiger charge is 2.13. The Morgan fingerprint density at radius 2 is 1.68 bits per heavy atom. The van der Waals surface area contributed by atoms with Crippen molar-refractivity contribution >= 4 is 39.3 Å². The Kier molecular flexibility index (Phi) is 5.62. The van der Waals surface area contributed by atoms with Crippen LogP contribution in [-0.4, -0.2) is 47.4 Å². The molecule has 0 unspecified atom stereocenters. The number of hydrogen-bond acceptors (Lipinski definition) is 2. The van der Waals surface area contributed by atoms with Gasteiger partial charge in [-0.05, 0) is 40.6 Å². The largest absolute Gasteiger partial charge is 0.347 e. The number of nitrogens with one attached hydrogen (secondary N) is 1. The van der Waals surface area contributed by atoms with Gasteiger partial charge in [0.05, 0.1) is 0 Å². The Morgan fingerprint density at radius 3 is 2.48 bits per heavy atom. The zero-order chi connectivity index (χ0) is 22.0. The fourth-order valence-corrected chi connectivity index (χ4v) is 3.68. The molecule has 3 amide bonds. The molecule has 4 rings (SSSR count). The summed E-state index contributed by atoms with van der Waals surface area (Å²) >= 11 is 0. The van der Waals surface area contributed by atoms with Crippen LogP contribution in [0.1, 0.15) is 5.56 Å². The van der Waals surface area contributed by atoms with E-state index < -0.39 is 0 Å². The van der Waals surface area contributed by atoms with Gasteiger partial charge in [0.15, 0.2) is 0 Å². The van der Waals surface area contributed by atoms with Gasteiger partial charge in [-0.3, -0.25) is 4.79 Å². The number of carbonyl (C=O) groups is 2. The number of amides is 3. The molecule has 0 atom stereocenters. The fourth-order valence-electron chi connectivity index (χ4n) is 3.68. The maximum absolute atomic E-state index is 12.8. The van der Waals surface area contributed by atoms with Gasteiger partial charge in [0.1, 0.15) is 6.54 Å². The SMILES string of the molecule is CN(C)C(=O)Cn1ccc2cc(NC(=O)N(C)Cc3cccc4ccccc34)ccc21.